The average Bonchev–Trinajstić information content (AvgIpc) is 2.29. The Labute approximate surface area is 88.6 Å². The predicted octanol–water partition coefficient (Wildman–Crippen LogP) is 2.87. The molecule has 1 heterocycles. The molecule has 0 bridgehead atoms. The fraction of sp³-hybridized carbons (Fsp3) is 0.0769. The predicted molar refractivity (Wildman–Crippen MR) is 59.8 cm³/mol. The zero-order chi connectivity index (χ0) is 10.7. The second-order valence-electron chi connectivity index (χ2n) is 3.39. The molecule has 0 N–H and O–H groups in total. The van der Waals surface area contributed by atoms with Crippen LogP contribution in [0.3, 0.4) is 0 Å². The number of nitrogens with zero attached hydrogens (tertiary/aromatic N) is 1. The molecule has 1 aromatic carbocycles. The van der Waals surface area contributed by atoms with Gasteiger partial charge in [-0.3, -0.25) is 9.78 Å². The molecule has 2 heteroatoms. The molecular formula is C13H11NO. The number of aromatic nitrogens is 1. The first-order valence-electron chi connectivity index (χ1n) is 4.78. The smallest absolute Gasteiger partial charge is 0.150 e. The van der Waals surface area contributed by atoms with Crippen molar-refractivity contribution in [2.75, 3.05) is 0 Å². The molecule has 0 amide bonds. The molecule has 0 fully saturated rings. The van der Waals surface area contributed by atoms with Crippen molar-refractivity contribution in [3.05, 3.63) is 53.9 Å². The lowest BCUT2D eigenvalue weighted by molar-refractivity contribution is 0.112. The zero-order valence-electron chi connectivity index (χ0n) is 8.47. The largest absolute Gasteiger partial charge is 0.298 e. The molecule has 2 rings (SSSR count). The average molecular weight is 197 g/mol. The van der Waals surface area contributed by atoms with Gasteiger partial charge in [-0.2, -0.15) is 0 Å². The molecular weight excluding hydrogens is 186 g/mol. The van der Waals surface area contributed by atoms with Gasteiger partial charge in [0.1, 0.15) is 0 Å². The van der Waals surface area contributed by atoms with Crippen molar-refractivity contribution in [1.82, 2.24) is 4.98 Å². The van der Waals surface area contributed by atoms with E-state index in [0.29, 0.717) is 0 Å². The normalized spacial score (nSPS) is 9.93. The van der Waals surface area contributed by atoms with Crippen LogP contribution < -0.4 is 0 Å². The number of hydrogen-bond donors (Lipinski definition) is 0. The zero-order valence-corrected chi connectivity index (χ0v) is 8.47. The van der Waals surface area contributed by atoms with Crippen molar-refractivity contribution >= 4 is 6.29 Å². The fourth-order valence-electron chi connectivity index (χ4n) is 1.70. The van der Waals surface area contributed by atoms with E-state index in [-0.39, 0.29) is 0 Å². The topological polar surface area (TPSA) is 30.0 Å². The third-order valence-corrected chi connectivity index (χ3v) is 2.40. The monoisotopic (exact) mass is 197 g/mol. The summed E-state index contributed by atoms with van der Waals surface area (Å²) in [4.78, 5) is 14.9. The van der Waals surface area contributed by atoms with Gasteiger partial charge in [0.25, 0.3) is 0 Å². The lowest BCUT2D eigenvalue weighted by atomic mass is 9.96. The molecule has 0 spiro atoms. The summed E-state index contributed by atoms with van der Waals surface area (Å²) >= 11 is 0. The van der Waals surface area contributed by atoms with Crippen LogP contribution in [0.2, 0.25) is 0 Å². The lowest BCUT2D eigenvalue weighted by Gasteiger charge is -2.08. The Balaban J connectivity index is 2.66. The minimum Gasteiger partial charge on any atom is -0.298 e. The minimum absolute atomic E-state index is 0.723. The molecule has 0 saturated heterocycles. The lowest BCUT2D eigenvalue weighted by Crippen LogP contribution is -1.90. The van der Waals surface area contributed by atoms with Gasteiger partial charge >= 0.3 is 0 Å². The Kier molecular flexibility index (Phi) is 2.59. The molecule has 74 valence electrons. The van der Waals surface area contributed by atoms with Crippen molar-refractivity contribution in [1.29, 1.82) is 0 Å². The van der Waals surface area contributed by atoms with Crippen LogP contribution in [-0.2, 0) is 0 Å². The maximum Gasteiger partial charge on any atom is 0.150 e. The molecule has 0 aliphatic carbocycles. The van der Waals surface area contributed by atoms with Crippen molar-refractivity contribution in [3.8, 4) is 11.1 Å². The van der Waals surface area contributed by atoms with Gasteiger partial charge in [0.2, 0.25) is 0 Å². The number of carbonyl (C=O) groups excluding carboxylic acids is 1. The Morgan fingerprint density at radius 2 is 1.87 bits per heavy atom. The maximum atomic E-state index is 10.9. The highest BCUT2D eigenvalue weighted by molar-refractivity contribution is 5.88. The third kappa shape index (κ3) is 1.79. The van der Waals surface area contributed by atoms with E-state index in [9.17, 15) is 4.79 Å². The summed E-state index contributed by atoms with van der Waals surface area (Å²) in [6, 6.07) is 9.55. The van der Waals surface area contributed by atoms with Gasteiger partial charge in [-0.1, -0.05) is 18.2 Å². The van der Waals surface area contributed by atoms with Crippen LogP contribution in [0.1, 0.15) is 15.9 Å². The summed E-state index contributed by atoms with van der Waals surface area (Å²) in [6.07, 6.45) is 4.36. The van der Waals surface area contributed by atoms with Crippen LogP contribution in [0.4, 0.5) is 0 Å². The number of rotatable bonds is 2. The standard InChI is InChI=1S/C13H11NO/c1-10-3-2-4-12(9-15)13(10)11-5-7-14-8-6-11/h2-9H,1H3. The second kappa shape index (κ2) is 4.05. The highest BCUT2D eigenvalue weighted by Crippen LogP contribution is 2.25. The molecule has 0 aliphatic heterocycles. The molecule has 2 aromatic rings. The Bertz CT molecular complexity index is 477. The number of hydrogen-bond acceptors (Lipinski definition) is 2. The SMILES string of the molecule is Cc1cccc(C=O)c1-c1ccncc1. The molecule has 0 saturated carbocycles. The van der Waals surface area contributed by atoms with E-state index < -0.39 is 0 Å². The van der Waals surface area contributed by atoms with E-state index in [0.717, 1.165) is 28.5 Å². The minimum atomic E-state index is 0.723. The molecule has 0 aliphatic rings. The van der Waals surface area contributed by atoms with Crippen LogP contribution >= 0.6 is 0 Å². The third-order valence-electron chi connectivity index (χ3n) is 2.40. The van der Waals surface area contributed by atoms with Crippen LogP contribution in [0.25, 0.3) is 11.1 Å². The van der Waals surface area contributed by atoms with Gasteiger partial charge in [0, 0.05) is 18.0 Å². The van der Waals surface area contributed by atoms with Gasteiger partial charge in [-0.15, -0.1) is 0 Å². The first kappa shape index (κ1) is 9.59. The van der Waals surface area contributed by atoms with E-state index in [4.69, 9.17) is 0 Å². The van der Waals surface area contributed by atoms with Gasteiger partial charge < -0.3 is 0 Å². The summed E-state index contributed by atoms with van der Waals surface area (Å²) in [7, 11) is 0. The molecule has 0 unspecified atom stereocenters. The van der Waals surface area contributed by atoms with Gasteiger partial charge in [0.15, 0.2) is 6.29 Å². The maximum absolute atomic E-state index is 10.9. The summed E-state index contributed by atoms with van der Waals surface area (Å²) in [5.41, 5.74) is 3.85. The molecule has 0 atom stereocenters. The van der Waals surface area contributed by atoms with E-state index >= 15 is 0 Å². The second-order valence-corrected chi connectivity index (χ2v) is 3.39. The van der Waals surface area contributed by atoms with Crippen molar-refractivity contribution < 1.29 is 4.79 Å². The molecule has 15 heavy (non-hydrogen) atoms. The summed E-state index contributed by atoms with van der Waals surface area (Å²) < 4.78 is 0. The first-order valence-corrected chi connectivity index (χ1v) is 4.78. The van der Waals surface area contributed by atoms with Gasteiger partial charge in [-0.05, 0) is 35.7 Å². The van der Waals surface area contributed by atoms with Crippen LogP contribution in [0.15, 0.2) is 42.7 Å². The van der Waals surface area contributed by atoms with Gasteiger partial charge in [0.05, 0.1) is 0 Å². The Morgan fingerprint density at radius 1 is 1.13 bits per heavy atom. The van der Waals surface area contributed by atoms with E-state index in [1.807, 2.05) is 37.3 Å². The number of aryl methyl sites for hydroxylation is 1. The van der Waals surface area contributed by atoms with E-state index in [2.05, 4.69) is 4.98 Å². The van der Waals surface area contributed by atoms with Crippen molar-refractivity contribution in [2.24, 2.45) is 0 Å². The molecule has 1 aromatic heterocycles. The molecule has 0 radical (unpaired) electrons. The van der Waals surface area contributed by atoms with Crippen molar-refractivity contribution in [3.63, 3.8) is 0 Å². The summed E-state index contributed by atoms with van der Waals surface area (Å²) in [6.45, 7) is 2.00. The Hall–Kier alpha value is -1.96. The summed E-state index contributed by atoms with van der Waals surface area (Å²) in [5, 5.41) is 0. The highest BCUT2D eigenvalue weighted by Gasteiger charge is 2.06. The van der Waals surface area contributed by atoms with Crippen molar-refractivity contribution in [2.45, 2.75) is 6.92 Å². The number of benzene rings is 1. The molecule has 2 nitrogen and oxygen atoms in total. The summed E-state index contributed by atoms with van der Waals surface area (Å²) in [5.74, 6) is 0. The van der Waals surface area contributed by atoms with E-state index in [1.54, 1.807) is 12.4 Å². The number of aldehydes is 1. The van der Waals surface area contributed by atoms with Crippen LogP contribution in [-0.4, -0.2) is 11.3 Å². The fourth-order valence-corrected chi connectivity index (χ4v) is 1.70. The Morgan fingerprint density at radius 3 is 2.53 bits per heavy atom. The van der Waals surface area contributed by atoms with E-state index in [1.165, 1.54) is 0 Å². The van der Waals surface area contributed by atoms with Crippen LogP contribution in [0, 0.1) is 6.92 Å². The number of pyridine rings is 1. The van der Waals surface area contributed by atoms with Crippen LogP contribution in [0.5, 0.6) is 0 Å². The van der Waals surface area contributed by atoms with Gasteiger partial charge in [-0.25, -0.2) is 0 Å². The highest BCUT2D eigenvalue weighted by atomic mass is 16.1. The first-order chi connectivity index (χ1) is 7.33. The number of carbonyl (C=O) groups is 1. The quantitative estimate of drug-likeness (QED) is 0.693.